The van der Waals surface area contributed by atoms with E-state index in [1.165, 1.54) is 12.1 Å². The number of esters is 1. The summed E-state index contributed by atoms with van der Waals surface area (Å²) in [5, 5.41) is 10.6. The van der Waals surface area contributed by atoms with Crippen molar-refractivity contribution in [3.63, 3.8) is 0 Å². The lowest BCUT2D eigenvalue weighted by molar-refractivity contribution is -0.384. The largest absolute Gasteiger partial charge is 0.466 e. The average molecular weight is 316 g/mol. The molecular formula is C12H14BrNO4. The second-order valence-electron chi connectivity index (χ2n) is 3.66. The average Bonchev–Trinajstić information content (AvgIpc) is 2.36. The molecule has 1 aromatic carbocycles. The van der Waals surface area contributed by atoms with E-state index < -0.39 is 4.92 Å². The zero-order valence-corrected chi connectivity index (χ0v) is 11.6. The van der Waals surface area contributed by atoms with Crippen molar-refractivity contribution in [3.05, 3.63) is 39.9 Å². The fraction of sp³-hybridized carbons (Fsp3) is 0.417. The summed E-state index contributed by atoms with van der Waals surface area (Å²) in [6, 6.07) is 6.36. The molecule has 0 aliphatic heterocycles. The van der Waals surface area contributed by atoms with Crippen LogP contribution >= 0.6 is 15.9 Å². The standard InChI is InChI=1S/C12H14BrNO4/c1-2-18-12(15)7-6-11(13)9-4-3-5-10(8-9)14(16)17/h3-5,8,11H,2,6-7H2,1H3. The molecule has 1 rings (SSSR count). The number of ether oxygens (including phenoxy) is 1. The van der Waals surface area contributed by atoms with Gasteiger partial charge < -0.3 is 4.74 Å². The van der Waals surface area contributed by atoms with Crippen molar-refractivity contribution in [1.29, 1.82) is 0 Å². The van der Waals surface area contributed by atoms with Crippen LogP contribution in [0.4, 0.5) is 5.69 Å². The third-order valence-electron chi connectivity index (χ3n) is 2.35. The maximum atomic E-state index is 11.2. The van der Waals surface area contributed by atoms with Crippen molar-refractivity contribution in [1.82, 2.24) is 0 Å². The van der Waals surface area contributed by atoms with E-state index in [0.29, 0.717) is 13.0 Å². The predicted molar refractivity (Wildman–Crippen MR) is 70.6 cm³/mol. The molecule has 0 radical (unpaired) electrons. The van der Waals surface area contributed by atoms with Crippen LogP contribution in [0.5, 0.6) is 0 Å². The van der Waals surface area contributed by atoms with E-state index in [4.69, 9.17) is 4.74 Å². The summed E-state index contributed by atoms with van der Waals surface area (Å²) in [7, 11) is 0. The molecule has 0 bridgehead atoms. The Bertz CT molecular complexity index is 436. The first kappa shape index (κ1) is 14.6. The molecule has 0 spiro atoms. The van der Waals surface area contributed by atoms with Crippen LogP contribution in [0.1, 0.15) is 30.2 Å². The molecule has 0 aromatic heterocycles. The van der Waals surface area contributed by atoms with Crippen LogP contribution in [0.2, 0.25) is 0 Å². The lowest BCUT2D eigenvalue weighted by atomic mass is 10.1. The van der Waals surface area contributed by atoms with Crippen molar-refractivity contribution in [2.75, 3.05) is 6.61 Å². The van der Waals surface area contributed by atoms with E-state index in [9.17, 15) is 14.9 Å². The Labute approximate surface area is 113 Å². The molecular weight excluding hydrogens is 302 g/mol. The molecule has 0 saturated carbocycles. The Morgan fingerprint density at radius 3 is 2.89 bits per heavy atom. The van der Waals surface area contributed by atoms with Gasteiger partial charge in [-0.15, -0.1) is 0 Å². The number of hydrogen-bond donors (Lipinski definition) is 0. The molecule has 1 unspecified atom stereocenters. The molecule has 0 saturated heterocycles. The number of rotatable bonds is 6. The van der Waals surface area contributed by atoms with Gasteiger partial charge in [-0.3, -0.25) is 14.9 Å². The highest BCUT2D eigenvalue weighted by atomic mass is 79.9. The molecule has 1 atom stereocenters. The van der Waals surface area contributed by atoms with Gasteiger partial charge in [-0.2, -0.15) is 0 Å². The van der Waals surface area contributed by atoms with Crippen LogP contribution in [-0.4, -0.2) is 17.5 Å². The van der Waals surface area contributed by atoms with Crippen LogP contribution < -0.4 is 0 Å². The van der Waals surface area contributed by atoms with Crippen LogP contribution in [0, 0.1) is 10.1 Å². The molecule has 0 amide bonds. The minimum absolute atomic E-state index is 0.0492. The Hall–Kier alpha value is -1.43. The zero-order valence-electron chi connectivity index (χ0n) is 9.97. The summed E-state index contributed by atoms with van der Waals surface area (Å²) in [5.74, 6) is -0.257. The monoisotopic (exact) mass is 315 g/mol. The Kier molecular flexibility index (Phi) is 5.77. The lowest BCUT2D eigenvalue weighted by Crippen LogP contribution is -2.05. The third-order valence-corrected chi connectivity index (χ3v) is 3.34. The zero-order chi connectivity index (χ0) is 13.5. The molecule has 0 fully saturated rings. The van der Waals surface area contributed by atoms with Gasteiger partial charge in [0.15, 0.2) is 0 Å². The van der Waals surface area contributed by atoms with Crippen molar-refractivity contribution >= 4 is 27.6 Å². The van der Waals surface area contributed by atoms with E-state index in [1.54, 1.807) is 19.1 Å². The summed E-state index contributed by atoms with van der Waals surface area (Å²) in [6.07, 6.45) is 0.826. The van der Waals surface area contributed by atoms with E-state index in [-0.39, 0.29) is 22.9 Å². The van der Waals surface area contributed by atoms with E-state index in [0.717, 1.165) is 5.56 Å². The highest BCUT2D eigenvalue weighted by Crippen LogP contribution is 2.29. The number of hydrogen-bond acceptors (Lipinski definition) is 4. The minimum Gasteiger partial charge on any atom is -0.466 e. The van der Waals surface area contributed by atoms with Gasteiger partial charge in [0.05, 0.1) is 11.5 Å². The highest BCUT2D eigenvalue weighted by molar-refractivity contribution is 9.09. The van der Waals surface area contributed by atoms with Crippen LogP contribution in [-0.2, 0) is 9.53 Å². The smallest absolute Gasteiger partial charge is 0.305 e. The number of non-ortho nitro benzene ring substituents is 1. The molecule has 5 nitrogen and oxygen atoms in total. The van der Waals surface area contributed by atoms with Gasteiger partial charge in [0, 0.05) is 23.4 Å². The second kappa shape index (κ2) is 7.10. The first-order valence-corrected chi connectivity index (χ1v) is 6.50. The Morgan fingerprint density at radius 2 is 2.28 bits per heavy atom. The van der Waals surface area contributed by atoms with Gasteiger partial charge in [-0.1, -0.05) is 28.1 Å². The third kappa shape index (κ3) is 4.44. The number of nitro groups is 1. The fourth-order valence-corrected chi connectivity index (χ4v) is 1.99. The topological polar surface area (TPSA) is 69.4 Å². The predicted octanol–water partition coefficient (Wildman–Crippen LogP) is 3.37. The summed E-state index contributed by atoms with van der Waals surface area (Å²) < 4.78 is 4.82. The van der Waals surface area contributed by atoms with Crippen molar-refractivity contribution in [3.8, 4) is 0 Å². The first-order valence-electron chi connectivity index (χ1n) is 5.58. The fourth-order valence-electron chi connectivity index (χ4n) is 1.48. The minimum atomic E-state index is -0.436. The van der Waals surface area contributed by atoms with Gasteiger partial charge in [0.25, 0.3) is 5.69 Å². The normalized spacial score (nSPS) is 11.9. The lowest BCUT2D eigenvalue weighted by Gasteiger charge is -2.09. The number of carbonyl (C=O) groups is 1. The van der Waals surface area contributed by atoms with Crippen LogP contribution in [0.25, 0.3) is 0 Å². The molecule has 98 valence electrons. The van der Waals surface area contributed by atoms with E-state index >= 15 is 0 Å². The van der Waals surface area contributed by atoms with Gasteiger partial charge in [-0.05, 0) is 18.9 Å². The summed E-state index contributed by atoms with van der Waals surface area (Å²) in [4.78, 5) is 21.3. The number of benzene rings is 1. The van der Waals surface area contributed by atoms with Crippen molar-refractivity contribution in [2.45, 2.75) is 24.6 Å². The van der Waals surface area contributed by atoms with Gasteiger partial charge in [0.2, 0.25) is 0 Å². The summed E-state index contributed by atoms with van der Waals surface area (Å²) in [6.45, 7) is 2.12. The van der Waals surface area contributed by atoms with Crippen molar-refractivity contribution < 1.29 is 14.5 Å². The molecule has 0 heterocycles. The molecule has 0 aliphatic carbocycles. The van der Waals surface area contributed by atoms with Gasteiger partial charge in [-0.25, -0.2) is 0 Å². The molecule has 18 heavy (non-hydrogen) atoms. The number of nitro benzene ring substituents is 1. The molecule has 0 N–H and O–H groups in total. The van der Waals surface area contributed by atoms with Gasteiger partial charge >= 0.3 is 5.97 Å². The number of halogens is 1. The quantitative estimate of drug-likeness (QED) is 0.349. The Morgan fingerprint density at radius 1 is 1.56 bits per heavy atom. The van der Waals surface area contributed by atoms with Gasteiger partial charge in [0.1, 0.15) is 0 Å². The van der Waals surface area contributed by atoms with E-state index in [1.807, 2.05) is 0 Å². The maximum absolute atomic E-state index is 11.2. The SMILES string of the molecule is CCOC(=O)CCC(Br)c1cccc([N+](=O)[O-])c1. The summed E-state index contributed by atoms with van der Waals surface area (Å²) >= 11 is 3.42. The van der Waals surface area contributed by atoms with E-state index in [2.05, 4.69) is 15.9 Å². The number of carbonyl (C=O) groups excluding carboxylic acids is 1. The van der Waals surface area contributed by atoms with Crippen LogP contribution in [0.3, 0.4) is 0 Å². The number of nitrogens with zero attached hydrogens (tertiary/aromatic N) is 1. The number of alkyl halides is 1. The molecule has 1 aromatic rings. The maximum Gasteiger partial charge on any atom is 0.305 e. The highest BCUT2D eigenvalue weighted by Gasteiger charge is 2.14. The first-order chi connectivity index (χ1) is 8.54. The summed E-state index contributed by atoms with van der Waals surface area (Å²) in [5.41, 5.74) is 0.835. The Balaban J connectivity index is 2.61. The van der Waals surface area contributed by atoms with Crippen molar-refractivity contribution in [2.24, 2.45) is 0 Å². The van der Waals surface area contributed by atoms with Crippen LogP contribution in [0.15, 0.2) is 24.3 Å². The molecule has 0 aliphatic rings. The molecule has 6 heteroatoms. The second-order valence-corrected chi connectivity index (χ2v) is 4.77.